The number of rotatable bonds is 4. The lowest BCUT2D eigenvalue weighted by molar-refractivity contribution is -0.131. The molecular weight excluding hydrogens is 442 g/mol. The van der Waals surface area contributed by atoms with Crippen LogP contribution in [0.15, 0.2) is 67.0 Å². The molecule has 0 bridgehead atoms. The van der Waals surface area contributed by atoms with Crippen molar-refractivity contribution in [1.82, 2.24) is 24.9 Å². The van der Waals surface area contributed by atoms with E-state index in [0.29, 0.717) is 22.2 Å². The Kier molecular flexibility index (Phi) is 5.37. The Hall–Kier alpha value is -4.39. The fourth-order valence-corrected chi connectivity index (χ4v) is 3.89. The maximum Gasteiger partial charge on any atom is 0.287 e. The summed E-state index contributed by atoms with van der Waals surface area (Å²) in [6, 6.07) is 17.2. The molecule has 1 aliphatic heterocycles. The van der Waals surface area contributed by atoms with Gasteiger partial charge < -0.3 is 9.64 Å². The van der Waals surface area contributed by atoms with Crippen LogP contribution < -0.4 is 4.74 Å². The number of hydrogen-bond donors (Lipinski definition) is 0. The Labute approximate surface area is 193 Å². The van der Waals surface area contributed by atoms with Crippen LogP contribution in [0.5, 0.6) is 5.88 Å². The van der Waals surface area contributed by atoms with Gasteiger partial charge in [0.25, 0.3) is 11.8 Å². The minimum absolute atomic E-state index is 0.0542. The van der Waals surface area contributed by atoms with Gasteiger partial charge in [0.2, 0.25) is 5.88 Å². The second-order valence-electron chi connectivity index (χ2n) is 7.91. The molecule has 1 saturated heterocycles. The highest BCUT2D eigenvalue weighted by Crippen LogP contribution is 2.33. The first-order valence-corrected chi connectivity index (χ1v) is 10.5. The predicted molar refractivity (Wildman–Crippen MR) is 118 cm³/mol. The van der Waals surface area contributed by atoms with Gasteiger partial charge in [-0.25, -0.2) is 18.4 Å². The Morgan fingerprint density at radius 1 is 1.18 bits per heavy atom. The number of benzene rings is 2. The number of nitrogens with zero attached hydrogens (tertiary/aromatic N) is 6. The number of amides is 1. The van der Waals surface area contributed by atoms with Gasteiger partial charge >= 0.3 is 0 Å². The first kappa shape index (κ1) is 21.5. The van der Waals surface area contributed by atoms with Gasteiger partial charge in [0.15, 0.2) is 6.10 Å². The van der Waals surface area contributed by atoms with E-state index in [0.717, 1.165) is 0 Å². The fourth-order valence-electron chi connectivity index (χ4n) is 3.89. The summed E-state index contributed by atoms with van der Waals surface area (Å²) in [5.41, 5.74) is 1.53. The molecule has 10 heteroatoms. The molecule has 1 amide bonds. The average molecular weight is 460 g/mol. The van der Waals surface area contributed by atoms with E-state index < -0.39 is 24.4 Å². The van der Waals surface area contributed by atoms with Gasteiger partial charge in [-0.3, -0.25) is 4.79 Å². The molecule has 1 atom stereocenters. The summed E-state index contributed by atoms with van der Waals surface area (Å²) in [6.07, 6.45) is 0.934. The molecule has 2 aromatic heterocycles. The Morgan fingerprint density at radius 3 is 2.82 bits per heavy atom. The minimum Gasteiger partial charge on any atom is -0.465 e. The zero-order valence-corrected chi connectivity index (χ0v) is 17.8. The zero-order chi connectivity index (χ0) is 23.7. The van der Waals surface area contributed by atoms with Crippen LogP contribution in [0, 0.1) is 11.3 Å². The molecule has 8 nitrogen and oxygen atoms in total. The number of piperidine rings is 1. The van der Waals surface area contributed by atoms with Gasteiger partial charge in [0.1, 0.15) is 11.6 Å². The summed E-state index contributed by atoms with van der Waals surface area (Å²) in [5, 5.41) is 17.9. The monoisotopic (exact) mass is 460 g/mol. The first-order chi connectivity index (χ1) is 16.4. The van der Waals surface area contributed by atoms with Crippen molar-refractivity contribution in [1.29, 1.82) is 5.26 Å². The summed E-state index contributed by atoms with van der Waals surface area (Å²) < 4.78 is 36.7. The fraction of sp³-hybridized carbons (Fsp3) is 0.208. The number of likely N-dealkylation sites (tertiary alicyclic amines) is 1. The summed E-state index contributed by atoms with van der Waals surface area (Å²) in [6.45, 7) is -0.478. The summed E-state index contributed by atoms with van der Waals surface area (Å²) in [5.74, 6) is -3.77. The van der Waals surface area contributed by atoms with E-state index in [1.165, 1.54) is 15.8 Å². The van der Waals surface area contributed by atoms with Gasteiger partial charge in [0, 0.05) is 23.9 Å². The van der Waals surface area contributed by atoms with Crippen LogP contribution in [-0.4, -0.2) is 55.9 Å². The smallest absolute Gasteiger partial charge is 0.287 e. The van der Waals surface area contributed by atoms with E-state index >= 15 is 0 Å². The van der Waals surface area contributed by atoms with Crippen molar-refractivity contribution < 1.29 is 18.3 Å². The molecule has 34 heavy (non-hydrogen) atoms. The molecule has 1 unspecified atom stereocenters. The number of hydrogen-bond acceptors (Lipinski definition) is 6. The standard InChI is InChI=1S/C24H18F2N6O2/c25-24(26)8-10-31(23(33)17-5-3-6-19(13-17)32-11-9-28-30-32)15-21(24)34-22-18(14-27)12-16-4-1-2-7-20(16)29-22/h1-7,9,11-13,21H,8,10,15H2. The van der Waals surface area contributed by atoms with Crippen LogP contribution >= 0.6 is 0 Å². The van der Waals surface area contributed by atoms with Crippen LogP contribution in [0.4, 0.5) is 8.78 Å². The Morgan fingerprint density at radius 2 is 2.03 bits per heavy atom. The van der Waals surface area contributed by atoms with Gasteiger partial charge in [-0.15, -0.1) is 5.10 Å². The average Bonchev–Trinajstić information content (AvgIpc) is 3.39. The molecular formula is C24H18F2N6O2. The van der Waals surface area contributed by atoms with Gasteiger partial charge in [-0.1, -0.05) is 29.5 Å². The molecule has 3 heterocycles. The molecule has 5 rings (SSSR count). The van der Waals surface area contributed by atoms with Crippen LogP contribution in [0.3, 0.4) is 0 Å². The zero-order valence-electron chi connectivity index (χ0n) is 17.8. The molecule has 4 aromatic rings. The number of fused-ring (bicyclic) bond motifs is 1. The summed E-state index contributed by atoms with van der Waals surface area (Å²) >= 11 is 0. The number of carbonyl (C=O) groups is 1. The second-order valence-corrected chi connectivity index (χ2v) is 7.91. The van der Waals surface area contributed by atoms with E-state index in [9.17, 15) is 18.8 Å². The molecule has 170 valence electrons. The number of ether oxygens (including phenoxy) is 1. The highest BCUT2D eigenvalue weighted by Gasteiger charge is 2.47. The minimum atomic E-state index is -3.20. The number of aromatic nitrogens is 4. The van der Waals surface area contributed by atoms with E-state index in [-0.39, 0.29) is 24.5 Å². The Balaban J connectivity index is 1.40. The number of para-hydroxylation sites is 1. The lowest BCUT2D eigenvalue weighted by Crippen LogP contribution is -2.55. The van der Waals surface area contributed by atoms with E-state index in [4.69, 9.17) is 4.74 Å². The topological polar surface area (TPSA) is 96.9 Å². The number of carbonyl (C=O) groups excluding carboxylic acids is 1. The van der Waals surface area contributed by atoms with Crippen LogP contribution in [0.1, 0.15) is 22.3 Å². The van der Waals surface area contributed by atoms with E-state index in [2.05, 4.69) is 15.3 Å². The first-order valence-electron chi connectivity index (χ1n) is 10.5. The molecule has 1 aliphatic rings. The van der Waals surface area contributed by atoms with Crippen molar-refractivity contribution >= 4 is 16.8 Å². The van der Waals surface area contributed by atoms with Crippen LogP contribution in [-0.2, 0) is 0 Å². The highest BCUT2D eigenvalue weighted by atomic mass is 19.3. The molecule has 0 N–H and O–H groups in total. The van der Waals surface area contributed by atoms with Crippen LogP contribution in [0.25, 0.3) is 16.6 Å². The normalized spacial score (nSPS) is 17.3. The maximum atomic E-state index is 14.8. The summed E-state index contributed by atoms with van der Waals surface area (Å²) in [7, 11) is 0. The lowest BCUT2D eigenvalue weighted by atomic mass is 10.0. The molecule has 2 aromatic carbocycles. The number of nitriles is 1. The number of halogens is 2. The van der Waals surface area contributed by atoms with Crippen molar-refractivity contribution in [3.05, 3.63) is 78.1 Å². The van der Waals surface area contributed by atoms with Crippen molar-refractivity contribution in [2.75, 3.05) is 13.1 Å². The molecule has 0 spiro atoms. The van der Waals surface area contributed by atoms with Crippen molar-refractivity contribution in [3.63, 3.8) is 0 Å². The van der Waals surface area contributed by atoms with E-state index in [1.54, 1.807) is 60.8 Å². The molecule has 1 fully saturated rings. The van der Waals surface area contributed by atoms with E-state index in [1.807, 2.05) is 6.07 Å². The lowest BCUT2D eigenvalue weighted by Gasteiger charge is -2.38. The molecule has 0 aliphatic carbocycles. The predicted octanol–water partition coefficient (Wildman–Crippen LogP) is 3.62. The van der Waals surface area contributed by atoms with Crippen LogP contribution in [0.2, 0.25) is 0 Å². The van der Waals surface area contributed by atoms with Crippen molar-refractivity contribution in [2.24, 2.45) is 0 Å². The summed E-state index contributed by atoms with van der Waals surface area (Å²) in [4.78, 5) is 18.7. The quantitative estimate of drug-likeness (QED) is 0.462. The number of alkyl halides is 2. The second kappa shape index (κ2) is 8.51. The van der Waals surface area contributed by atoms with Gasteiger partial charge in [0.05, 0.1) is 30.1 Å². The number of pyridine rings is 1. The third-order valence-corrected chi connectivity index (χ3v) is 5.70. The maximum absolute atomic E-state index is 14.8. The van der Waals surface area contributed by atoms with Crippen molar-refractivity contribution in [2.45, 2.75) is 18.4 Å². The molecule has 0 radical (unpaired) electrons. The van der Waals surface area contributed by atoms with Gasteiger partial charge in [-0.05, 0) is 30.3 Å². The molecule has 0 saturated carbocycles. The largest absolute Gasteiger partial charge is 0.465 e. The van der Waals surface area contributed by atoms with Gasteiger partial charge in [-0.2, -0.15) is 5.26 Å². The SMILES string of the molecule is N#Cc1cc2ccccc2nc1OC1CN(C(=O)c2cccc(-n3ccnn3)c2)CCC1(F)F. The Bertz CT molecular complexity index is 1400. The third kappa shape index (κ3) is 4.03. The highest BCUT2D eigenvalue weighted by molar-refractivity contribution is 5.95. The van der Waals surface area contributed by atoms with Crippen molar-refractivity contribution in [3.8, 4) is 17.6 Å². The third-order valence-electron chi connectivity index (χ3n) is 5.70.